The molecule has 3 aromatic rings. The van der Waals surface area contributed by atoms with E-state index in [4.69, 9.17) is 25.8 Å². The van der Waals surface area contributed by atoms with E-state index in [2.05, 4.69) is 27.6 Å². The summed E-state index contributed by atoms with van der Waals surface area (Å²) >= 11 is 8.30. The summed E-state index contributed by atoms with van der Waals surface area (Å²) < 4.78 is 18.2. The Kier molecular flexibility index (Phi) is 7.35. The van der Waals surface area contributed by atoms with E-state index in [9.17, 15) is 4.79 Å². The first kappa shape index (κ1) is 23.3. The molecule has 0 aromatic heterocycles. The molecular formula is C26H21ClINO4. The third kappa shape index (κ3) is 5.75. The molecule has 0 bridgehead atoms. The summed E-state index contributed by atoms with van der Waals surface area (Å²) in [6.45, 7) is 4.76. The fourth-order valence-corrected chi connectivity index (χ4v) is 3.93. The summed E-state index contributed by atoms with van der Waals surface area (Å²) in [7, 11) is 0. The lowest BCUT2D eigenvalue weighted by atomic mass is 10.1. The number of rotatable bonds is 7. The lowest BCUT2D eigenvalue weighted by Crippen LogP contribution is -2.05. The van der Waals surface area contributed by atoms with Crippen LogP contribution in [0.4, 0.5) is 0 Å². The van der Waals surface area contributed by atoms with Crippen molar-refractivity contribution in [3.8, 4) is 11.5 Å². The highest BCUT2D eigenvalue weighted by Gasteiger charge is 2.24. The molecule has 168 valence electrons. The number of esters is 1. The summed E-state index contributed by atoms with van der Waals surface area (Å²) in [5, 5.41) is 0.659. The molecule has 0 spiro atoms. The summed E-state index contributed by atoms with van der Waals surface area (Å²) in [6, 6.07) is 18.8. The van der Waals surface area contributed by atoms with Gasteiger partial charge in [-0.2, -0.15) is 0 Å². The summed E-state index contributed by atoms with van der Waals surface area (Å²) in [4.78, 5) is 16.8. The zero-order chi connectivity index (χ0) is 23.4. The fourth-order valence-electron chi connectivity index (χ4n) is 3.21. The van der Waals surface area contributed by atoms with Gasteiger partial charge in [-0.3, -0.25) is 0 Å². The van der Waals surface area contributed by atoms with Gasteiger partial charge < -0.3 is 14.2 Å². The Balaban J connectivity index is 1.56. The van der Waals surface area contributed by atoms with Gasteiger partial charge >= 0.3 is 5.97 Å². The van der Waals surface area contributed by atoms with E-state index in [1.54, 1.807) is 6.08 Å². The molecule has 4 rings (SSSR count). The molecule has 5 nitrogen and oxygen atoms in total. The van der Waals surface area contributed by atoms with Crippen molar-refractivity contribution in [3.05, 3.63) is 97.2 Å². The second-order valence-corrected chi connectivity index (χ2v) is 8.96. The molecule has 1 aliphatic rings. The number of hydrogen-bond acceptors (Lipinski definition) is 5. The number of aliphatic imine (C=N–C) groups is 1. The minimum absolute atomic E-state index is 0.232. The molecule has 0 radical (unpaired) electrons. The number of hydrogen-bond donors (Lipinski definition) is 0. The van der Waals surface area contributed by atoms with Gasteiger partial charge in [0.25, 0.3) is 0 Å². The molecule has 7 heteroatoms. The molecule has 0 fully saturated rings. The molecule has 0 unspecified atom stereocenters. The maximum atomic E-state index is 12.4. The van der Waals surface area contributed by atoms with Crippen molar-refractivity contribution in [1.82, 2.24) is 0 Å². The zero-order valence-corrected chi connectivity index (χ0v) is 21.0. The van der Waals surface area contributed by atoms with Crippen molar-refractivity contribution in [3.63, 3.8) is 0 Å². The van der Waals surface area contributed by atoms with Crippen molar-refractivity contribution in [2.75, 3.05) is 6.61 Å². The molecule has 0 amide bonds. The van der Waals surface area contributed by atoms with Gasteiger partial charge in [0, 0.05) is 14.2 Å². The van der Waals surface area contributed by atoms with E-state index in [0.717, 1.165) is 25.8 Å². The molecule has 1 heterocycles. The number of aryl methyl sites for hydroxylation is 1. The van der Waals surface area contributed by atoms with E-state index in [-0.39, 0.29) is 5.70 Å². The molecule has 0 aliphatic carbocycles. The Morgan fingerprint density at radius 3 is 2.67 bits per heavy atom. The monoisotopic (exact) mass is 573 g/mol. The second-order valence-electron chi connectivity index (χ2n) is 7.36. The Morgan fingerprint density at radius 1 is 1.06 bits per heavy atom. The van der Waals surface area contributed by atoms with Crippen molar-refractivity contribution < 1.29 is 19.0 Å². The number of halogens is 2. The molecule has 3 aromatic carbocycles. The Morgan fingerprint density at radius 2 is 1.91 bits per heavy atom. The van der Waals surface area contributed by atoms with Crippen LogP contribution in [0, 0.1) is 10.5 Å². The fraction of sp³-hybridized carbons (Fsp3) is 0.154. The first-order valence-corrected chi connectivity index (χ1v) is 11.8. The van der Waals surface area contributed by atoms with E-state index in [1.165, 1.54) is 0 Å². The van der Waals surface area contributed by atoms with Crippen LogP contribution in [0.5, 0.6) is 11.5 Å². The SMILES string of the molecule is CCOc1cc(/C=C2\N=C(c3ccc(C)c(I)c3)OC2=O)ccc1OCc1cccc(Cl)c1. The predicted molar refractivity (Wildman–Crippen MR) is 138 cm³/mol. The largest absolute Gasteiger partial charge is 0.490 e. The average molecular weight is 574 g/mol. The minimum atomic E-state index is -0.486. The summed E-state index contributed by atoms with van der Waals surface area (Å²) in [6.07, 6.45) is 1.68. The van der Waals surface area contributed by atoms with E-state index in [1.807, 2.05) is 74.5 Å². The van der Waals surface area contributed by atoms with E-state index >= 15 is 0 Å². The van der Waals surface area contributed by atoms with Crippen LogP contribution in [0.3, 0.4) is 0 Å². The highest BCUT2D eigenvalue weighted by Crippen LogP contribution is 2.31. The van der Waals surface area contributed by atoms with Gasteiger partial charge in [-0.05, 0) is 95.6 Å². The van der Waals surface area contributed by atoms with Gasteiger partial charge in [0.1, 0.15) is 6.61 Å². The zero-order valence-electron chi connectivity index (χ0n) is 18.1. The van der Waals surface area contributed by atoms with Crippen LogP contribution in [-0.2, 0) is 16.1 Å². The third-order valence-electron chi connectivity index (χ3n) is 4.89. The van der Waals surface area contributed by atoms with E-state index < -0.39 is 5.97 Å². The van der Waals surface area contributed by atoms with E-state index in [0.29, 0.717) is 35.6 Å². The van der Waals surface area contributed by atoms with Crippen LogP contribution < -0.4 is 9.47 Å². The predicted octanol–water partition coefficient (Wildman–Crippen LogP) is 6.58. The summed E-state index contributed by atoms with van der Waals surface area (Å²) in [5.74, 6) is 0.999. The Labute approximate surface area is 211 Å². The van der Waals surface area contributed by atoms with Crippen LogP contribution in [0.2, 0.25) is 5.02 Å². The Hall–Kier alpha value is -2.84. The molecule has 0 N–H and O–H groups in total. The number of carbonyl (C=O) groups is 1. The Bertz CT molecular complexity index is 1270. The van der Waals surface area contributed by atoms with Crippen LogP contribution >= 0.6 is 34.2 Å². The number of nitrogens with zero attached hydrogens (tertiary/aromatic N) is 1. The molecule has 1 aliphatic heterocycles. The van der Waals surface area contributed by atoms with Gasteiger partial charge in [-0.25, -0.2) is 9.79 Å². The van der Waals surface area contributed by atoms with Crippen molar-refractivity contribution in [2.45, 2.75) is 20.5 Å². The van der Waals surface area contributed by atoms with Gasteiger partial charge in [-0.15, -0.1) is 0 Å². The van der Waals surface area contributed by atoms with Crippen LogP contribution in [-0.4, -0.2) is 18.5 Å². The smallest absolute Gasteiger partial charge is 0.363 e. The van der Waals surface area contributed by atoms with Gasteiger partial charge in [0.15, 0.2) is 17.2 Å². The first-order valence-electron chi connectivity index (χ1n) is 10.4. The second kappa shape index (κ2) is 10.4. The van der Waals surface area contributed by atoms with Gasteiger partial charge in [0.2, 0.25) is 5.90 Å². The van der Waals surface area contributed by atoms with Gasteiger partial charge in [0.05, 0.1) is 6.61 Å². The third-order valence-corrected chi connectivity index (χ3v) is 6.29. The average Bonchev–Trinajstić information content (AvgIpc) is 3.15. The highest BCUT2D eigenvalue weighted by atomic mass is 127. The number of carbonyl (C=O) groups excluding carboxylic acids is 1. The summed E-state index contributed by atoms with van der Waals surface area (Å²) in [5.41, 5.74) is 3.86. The van der Waals surface area contributed by atoms with Crippen LogP contribution in [0.25, 0.3) is 6.08 Å². The maximum Gasteiger partial charge on any atom is 0.363 e. The number of benzene rings is 3. The topological polar surface area (TPSA) is 57.1 Å². The molecule has 0 saturated carbocycles. The van der Waals surface area contributed by atoms with Crippen LogP contribution in [0.15, 0.2) is 71.4 Å². The lowest BCUT2D eigenvalue weighted by molar-refractivity contribution is -0.129. The molecule has 33 heavy (non-hydrogen) atoms. The first-order chi connectivity index (χ1) is 15.9. The lowest BCUT2D eigenvalue weighted by Gasteiger charge is -2.13. The molecular weight excluding hydrogens is 553 g/mol. The standard InChI is InChI=1S/C26H21ClINO4/c1-3-31-24-13-17(8-10-23(24)32-15-18-5-4-6-20(27)11-18)12-22-26(30)33-25(29-22)19-9-7-16(2)21(28)14-19/h4-14H,3,15H2,1-2H3/b22-12-. The normalized spacial score (nSPS) is 14.2. The number of cyclic esters (lactones) is 1. The number of ether oxygens (including phenoxy) is 3. The van der Waals surface area contributed by atoms with Gasteiger partial charge in [-0.1, -0.05) is 35.9 Å². The minimum Gasteiger partial charge on any atom is -0.490 e. The molecule has 0 saturated heterocycles. The molecule has 0 atom stereocenters. The van der Waals surface area contributed by atoms with Crippen LogP contribution in [0.1, 0.15) is 29.2 Å². The van der Waals surface area contributed by atoms with Crippen molar-refractivity contribution in [1.29, 1.82) is 0 Å². The highest BCUT2D eigenvalue weighted by molar-refractivity contribution is 14.1. The van der Waals surface area contributed by atoms with Crippen molar-refractivity contribution in [2.24, 2.45) is 4.99 Å². The quantitative estimate of drug-likeness (QED) is 0.182. The maximum absolute atomic E-state index is 12.4. The van der Waals surface area contributed by atoms with Crippen molar-refractivity contribution >= 4 is 52.1 Å².